The van der Waals surface area contributed by atoms with Gasteiger partial charge < -0.3 is 15.8 Å². The van der Waals surface area contributed by atoms with Crippen molar-refractivity contribution in [1.82, 2.24) is 0 Å². The number of amides is 2. The fourth-order valence-electron chi connectivity index (χ4n) is 2.32. The van der Waals surface area contributed by atoms with Crippen molar-refractivity contribution in [2.75, 3.05) is 5.32 Å². The zero-order valence-corrected chi connectivity index (χ0v) is 14.5. The number of ether oxygens (including phenoxy) is 1. The van der Waals surface area contributed by atoms with Crippen LogP contribution in [-0.4, -0.2) is 23.9 Å². The van der Waals surface area contributed by atoms with Gasteiger partial charge >= 0.3 is 5.97 Å². The van der Waals surface area contributed by atoms with Gasteiger partial charge in [0, 0.05) is 16.9 Å². The number of rotatable bonds is 6. The van der Waals surface area contributed by atoms with Gasteiger partial charge in [0.25, 0.3) is 5.91 Å². The minimum atomic E-state index is -1.05. The molecule has 1 aromatic carbocycles. The molecule has 0 radical (unpaired) electrons. The van der Waals surface area contributed by atoms with E-state index in [0.29, 0.717) is 10.6 Å². The van der Waals surface area contributed by atoms with Crippen LogP contribution < -0.4 is 11.1 Å². The molecule has 0 spiro atoms. The number of hydrogen-bond donors (Lipinski definition) is 2. The smallest absolute Gasteiger partial charge is 0.342 e. The van der Waals surface area contributed by atoms with Gasteiger partial charge in [0.2, 0.25) is 5.91 Å². The second-order valence-electron chi connectivity index (χ2n) is 5.93. The molecule has 0 unspecified atom stereocenters. The monoisotopic (exact) mass is 358 g/mol. The Kier molecular flexibility index (Phi) is 4.85. The Morgan fingerprint density at radius 3 is 2.52 bits per heavy atom. The van der Waals surface area contributed by atoms with Crippen LogP contribution in [0.15, 0.2) is 35.7 Å². The summed E-state index contributed by atoms with van der Waals surface area (Å²) in [6.07, 6.45) is 0.672. The number of carbonyl (C=O) groups excluding carboxylic acids is 3. The highest BCUT2D eigenvalue weighted by Crippen LogP contribution is 2.38. The van der Waals surface area contributed by atoms with Gasteiger partial charge in [-0.15, -0.1) is 11.3 Å². The van der Waals surface area contributed by atoms with E-state index in [-0.39, 0.29) is 17.4 Å². The lowest BCUT2D eigenvalue weighted by molar-refractivity contribution is -0.125. The topological polar surface area (TPSA) is 98.5 Å². The quantitative estimate of drug-likeness (QED) is 0.776. The molecule has 1 atom stereocenters. The molecular weight excluding hydrogens is 340 g/mol. The molecule has 2 amide bonds. The van der Waals surface area contributed by atoms with Gasteiger partial charge in [0.15, 0.2) is 6.10 Å². The molecule has 1 aromatic heterocycles. The van der Waals surface area contributed by atoms with E-state index in [9.17, 15) is 14.4 Å². The first-order chi connectivity index (χ1) is 12.0. The van der Waals surface area contributed by atoms with Crippen LogP contribution in [0.1, 0.15) is 30.1 Å². The fraction of sp³-hybridized carbons (Fsp3) is 0.278. The lowest BCUT2D eigenvalue weighted by atomic mass is 10.0. The molecule has 1 heterocycles. The molecule has 7 heteroatoms. The number of thiophene rings is 1. The highest BCUT2D eigenvalue weighted by atomic mass is 32.1. The van der Waals surface area contributed by atoms with E-state index in [1.165, 1.54) is 18.3 Å². The number of anilines is 1. The molecule has 130 valence electrons. The van der Waals surface area contributed by atoms with Crippen molar-refractivity contribution in [3.8, 4) is 11.1 Å². The van der Waals surface area contributed by atoms with E-state index in [2.05, 4.69) is 5.32 Å². The van der Waals surface area contributed by atoms with Crippen LogP contribution in [-0.2, 0) is 14.3 Å². The molecule has 1 fully saturated rings. The molecule has 3 rings (SSSR count). The van der Waals surface area contributed by atoms with Gasteiger partial charge in [-0.3, -0.25) is 9.59 Å². The van der Waals surface area contributed by atoms with Gasteiger partial charge in [0.1, 0.15) is 10.6 Å². The number of esters is 1. The van der Waals surface area contributed by atoms with Crippen LogP contribution in [0, 0.1) is 5.92 Å². The molecule has 3 N–H and O–H groups in total. The number of nitrogens with one attached hydrogen (secondary N) is 1. The predicted molar refractivity (Wildman–Crippen MR) is 95.2 cm³/mol. The molecule has 25 heavy (non-hydrogen) atoms. The Hall–Kier alpha value is -2.67. The Balaban J connectivity index is 1.95. The summed E-state index contributed by atoms with van der Waals surface area (Å²) in [5.74, 6) is -1.50. The Labute approximate surface area is 149 Å². The molecule has 2 aromatic rings. The first kappa shape index (κ1) is 17.2. The predicted octanol–water partition coefficient (Wildman–Crippen LogP) is 2.79. The fourth-order valence-corrected chi connectivity index (χ4v) is 3.28. The summed E-state index contributed by atoms with van der Waals surface area (Å²) in [6.45, 7) is 1.41. The van der Waals surface area contributed by atoms with Crippen molar-refractivity contribution in [1.29, 1.82) is 0 Å². The van der Waals surface area contributed by atoms with Crippen LogP contribution in [0.5, 0.6) is 0 Å². The summed E-state index contributed by atoms with van der Waals surface area (Å²) < 4.78 is 5.16. The molecule has 6 nitrogen and oxygen atoms in total. The van der Waals surface area contributed by atoms with Gasteiger partial charge in [0.05, 0.1) is 0 Å². The zero-order chi connectivity index (χ0) is 18.0. The van der Waals surface area contributed by atoms with E-state index >= 15 is 0 Å². The summed E-state index contributed by atoms with van der Waals surface area (Å²) in [7, 11) is 0. The number of hydrogen-bond acceptors (Lipinski definition) is 5. The van der Waals surface area contributed by atoms with Gasteiger partial charge in [-0.25, -0.2) is 4.79 Å². The zero-order valence-electron chi connectivity index (χ0n) is 13.7. The average Bonchev–Trinajstić information content (AvgIpc) is 3.36. The standard InChI is InChI=1S/C18H18N2O4S/c1-10(15(19)21)24-18(23)14-13(11-5-3-2-4-6-11)9-25-17(14)20-16(22)12-7-8-12/h2-6,9-10,12H,7-8H2,1H3,(H2,19,21)(H,20,22)/t10-/m1/s1. The Bertz CT molecular complexity index is 812. The van der Waals surface area contributed by atoms with E-state index in [4.69, 9.17) is 10.5 Å². The normalized spacial score (nSPS) is 14.6. The van der Waals surface area contributed by atoms with Gasteiger partial charge in [-0.1, -0.05) is 30.3 Å². The summed E-state index contributed by atoms with van der Waals surface area (Å²) in [5, 5.41) is 5.03. The summed E-state index contributed by atoms with van der Waals surface area (Å²) in [4.78, 5) is 35.9. The molecule has 1 aliphatic carbocycles. The van der Waals surface area contributed by atoms with Crippen LogP contribution in [0.25, 0.3) is 11.1 Å². The first-order valence-corrected chi connectivity index (χ1v) is 8.83. The molecule has 1 saturated carbocycles. The molecule has 1 aliphatic rings. The summed E-state index contributed by atoms with van der Waals surface area (Å²) >= 11 is 1.26. The van der Waals surface area contributed by atoms with Gasteiger partial charge in [-0.2, -0.15) is 0 Å². The van der Waals surface area contributed by atoms with E-state index in [1.807, 2.05) is 30.3 Å². The third kappa shape index (κ3) is 3.88. The second kappa shape index (κ2) is 7.06. The van der Waals surface area contributed by atoms with E-state index < -0.39 is 18.0 Å². The maximum Gasteiger partial charge on any atom is 0.342 e. The largest absolute Gasteiger partial charge is 0.449 e. The molecule has 0 bridgehead atoms. The number of carbonyl (C=O) groups is 3. The maximum atomic E-state index is 12.6. The minimum Gasteiger partial charge on any atom is -0.449 e. The van der Waals surface area contributed by atoms with Crippen LogP contribution in [0.4, 0.5) is 5.00 Å². The first-order valence-electron chi connectivity index (χ1n) is 7.95. The highest BCUT2D eigenvalue weighted by molar-refractivity contribution is 7.15. The average molecular weight is 358 g/mol. The molecule has 0 aliphatic heterocycles. The van der Waals surface area contributed by atoms with Crippen LogP contribution >= 0.6 is 11.3 Å². The second-order valence-corrected chi connectivity index (χ2v) is 6.81. The molecular formula is C18H18N2O4S. The van der Waals surface area contributed by atoms with Gasteiger partial charge in [-0.05, 0) is 25.3 Å². The van der Waals surface area contributed by atoms with Crippen LogP contribution in [0.3, 0.4) is 0 Å². The van der Waals surface area contributed by atoms with Crippen molar-refractivity contribution in [2.45, 2.75) is 25.9 Å². The lowest BCUT2D eigenvalue weighted by Gasteiger charge is -2.12. The number of primary amides is 1. The minimum absolute atomic E-state index is 0.00990. The van der Waals surface area contributed by atoms with Crippen molar-refractivity contribution >= 4 is 34.1 Å². The summed E-state index contributed by atoms with van der Waals surface area (Å²) in [6, 6.07) is 9.32. The van der Waals surface area contributed by atoms with Crippen molar-refractivity contribution in [3.63, 3.8) is 0 Å². The summed E-state index contributed by atoms with van der Waals surface area (Å²) in [5.41, 5.74) is 6.89. The maximum absolute atomic E-state index is 12.6. The molecule has 0 saturated heterocycles. The van der Waals surface area contributed by atoms with E-state index in [0.717, 1.165) is 18.4 Å². The third-order valence-corrected chi connectivity index (χ3v) is 4.84. The SMILES string of the molecule is C[C@@H](OC(=O)c1c(-c2ccccc2)csc1NC(=O)C1CC1)C(N)=O. The third-order valence-electron chi connectivity index (χ3n) is 3.95. The lowest BCUT2D eigenvalue weighted by Crippen LogP contribution is -2.30. The number of nitrogens with two attached hydrogens (primary N) is 1. The van der Waals surface area contributed by atoms with Crippen LogP contribution in [0.2, 0.25) is 0 Å². The Morgan fingerprint density at radius 1 is 1.24 bits per heavy atom. The Morgan fingerprint density at radius 2 is 1.92 bits per heavy atom. The van der Waals surface area contributed by atoms with Crippen molar-refractivity contribution in [3.05, 3.63) is 41.3 Å². The van der Waals surface area contributed by atoms with E-state index in [1.54, 1.807) is 5.38 Å². The highest BCUT2D eigenvalue weighted by Gasteiger charge is 2.32. The van der Waals surface area contributed by atoms with Crippen molar-refractivity contribution in [2.24, 2.45) is 11.7 Å². The number of benzene rings is 1. The van der Waals surface area contributed by atoms with Crippen molar-refractivity contribution < 1.29 is 19.1 Å².